The summed E-state index contributed by atoms with van der Waals surface area (Å²) < 4.78 is 5.98. The summed E-state index contributed by atoms with van der Waals surface area (Å²) in [5.41, 5.74) is -0.373. The standard InChI is InChI=1S/C11H14INO4S/c1-11(6-17-2,4-9(14)15)13-10(16)7-3-8(12)18-5-7/h3,5H,4,6H2,1-2H3,(H,13,16)(H,14,15). The van der Waals surface area contributed by atoms with Crippen molar-refractivity contribution in [1.29, 1.82) is 0 Å². The van der Waals surface area contributed by atoms with E-state index >= 15 is 0 Å². The number of thiophene rings is 1. The van der Waals surface area contributed by atoms with Gasteiger partial charge in [-0.1, -0.05) is 0 Å². The Balaban J connectivity index is 2.77. The first kappa shape index (κ1) is 15.4. The third kappa shape index (κ3) is 4.54. The Kier molecular flexibility index (Phi) is 5.54. The van der Waals surface area contributed by atoms with E-state index in [2.05, 4.69) is 27.9 Å². The highest BCUT2D eigenvalue weighted by molar-refractivity contribution is 14.1. The average Bonchev–Trinajstić information content (AvgIpc) is 2.63. The predicted octanol–water partition coefficient (Wildman–Crippen LogP) is 1.96. The van der Waals surface area contributed by atoms with Crippen LogP contribution in [-0.4, -0.2) is 36.2 Å². The Hall–Kier alpha value is -0.670. The molecule has 0 saturated heterocycles. The topological polar surface area (TPSA) is 75.6 Å². The number of carboxylic acid groups (broad SMARTS) is 1. The lowest BCUT2D eigenvalue weighted by atomic mass is 9.98. The molecule has 0 spiro atoms. The number of halogens is 1. The van der Waals surface area contributed by atoms with E-state index < -0.39 is 11.5 Å². The maximum atomic E-state index is 12.0. The van der Waals surface area contributed by atoms with Crippen LogP contribution in [-0.2, 0) is 9.53 Å². The quantitative estimate of drug-likeness (QED) is 0.737. The molecule has 0 fully saturated rings. The number of aliphatic carboxylic acids is 1. The van der Waals surface area contributed by atoms with Crippen molar-refractivity contribution in [2.24, 2.45) is 0 Å². The number of nitrogens with one attached hydrogen (secondary N) is 1. The number of carbonyl (C=O) groups excluding carboxylic acids is 1. The van der Waals surface area contributed by atoms with Crippen LogP contribution in [0.1, 0.15) is 23.7 Å². The van der Waals surface area contributed by atoms with Crippen molar-refractivity contribution in [2.75, 3.05) is 13.7 Å². The van der Waals surface area contributed by atoms with Gasteiger partial charge in [-0.05, 0) is 35.6 Å². The monoisotopic (exact) mass is 383 g/mol. The second-order valence-electron chi connectivity index (χ2n) is 4.16. The molecule has 0 aliphatic rings. The van der Waals surface area contributed by atoms with Crippen LogP contribution < -0.4 is 5.32 Å². The second kappa shape index (κ2) is 6.48. The van der Waals surface area contributed by atoms with Gasteiger partial charge in [0.25, 0.3) is 5.91 Å². The highest BCUT2D eigenvalue weighted by Crippen LogP contribution is 2.18. The van der Waals surface area contributed by atoms with Gasteiger partial charge in [0.05, 0.1) is 27.0 Å². The van der Waals surface area contributed by atoms with Gasteiger partial charge < -0.3 is 15.2 Å². The van der Waals surface area contributed by atoms with E-state index in [1.807, 2.05) is 0 Å². The van der Waals surface area contributed by atoms with Crippen molar-refractivity contribution in [1.82, 2.24) is 5.32 Å². The fraction of sp³-hybridized carbons (Fsp3) is 0.455. The Bertz CT molecular complexity index is 448. The number of ether oxygens (including phenoxy) is 1. The number of carboxylic acids is 1. The van der Waals surface area contributed by atoms with Crippen LogP contribution in [0, 0.1) is 2.88 Å². The van der Waals surface area contributed by atoms with Crippen molar-refractivity contribution in [3.63, 3.8) is 0 Å². The van der Waals surface area contributed by atoms with Crippen LogP contribution in [0.2, 0.25) is 0 Å². The molecule has 5 nitrogen and oxygen atoms in total. The Morgan fingerprint density at radius 2 is 2.28 bits per heavy atom. The second-order valence-corrected chi connectivity index (χ2v) is 6.96. The summed E-state index contributed by atoms with van der Waals surface area (Å²) in [6, 6.07) is 1.76. The molecular weight excluding hydrogens is 369 g/mol. The lowest BCUT2D eigenvalue weighted by Gasteiger charge is -2.28. The molecule has 0 aliphatic carbocycles. The van der Waals surface area contributed by atoms with Crippen LogP contribution >= 0.6 is 33.9 Å². The van der Waals surface area contributed by atoms with E-state index in [-0.39, 0.29) is 18.9 Å². The molecule has 1 atom stereocenters. The summed E-state index contributed by atoms with van der Waals surface area (Å²) in [6.45, 7) is 1.80. The summed E-state index contributed by atoms with van der Waals surface area (Å²) in [5, 5.41) is 13.3. The molecule has 2 N–H and O–H groups in total. The van der Waals surface area contributed by atoms with E-state index in [1.54, 1.807) is 18.4 Å². The van der Waals surface area contributed by atoms with Crippen molar-refractivity contribution in [3.8, 4) is 0 Å². The molecule has 1 heterocycles. The van der Waals surface area contributed by atoms with E-state index in [0.29, 0.717) is 5.56 Å². The molecule has 1 unspecified atom stereocenters. The lowest BCUT2D eigenvalue weighted by molar-refractivity contribution is -0.139. The van der Waals surface area contributed by atoms with Crippen molar-refractivity contribution in [2.45, 2.75) is 18.9 Å². The molecule has 1 aromatic rings. The summed E-state index contributed by atoms with van der Waals surface area (Å²) in [5.74, 6) is -1.26. The van der Waals surface area contributed by atoms with Crippen molar-refractivity contribution >= 4 is 45.8 Å². The first-order valence-corrected chi connectivity index (χ1v) is 7.09. The highest BCUT2D eigenvalue weighted by Gasteiger charge is 2.30. The van der Waals surface area contributed by atoms with Gasteiger partial charge in [0.1, 0.15) is 0 Å². The third-order valence-electron chi connectivity index (χ3n) is 2.25. The Morgan fingerprint density at radius 3 is 2.72 bits per heavy atom. The molecule has 100 valence electrons. The zero-order chi connectivity index (χ0) is 13.8. The normalized spacial score (nSPS) is 13.9. The maximum Gasteiger partial charge on any atom is 0.305 e. The van der Waals surface area contributed by atoms with Crippen LogP contribution in [0.25, 0.3) is 0 Å². The van der Waals surface area contributed by atoms with E-state index in [4.69, 9.17) is 9.84 Å². The van der Waals surface area contributed by atoms with Gasteiger partial charge in [-0.15, -0.1) is 11.3 Å². The van der Waals surface area contributed by atoms with Crippen LogP contribution in [0.5, 0.6) is 0 Å². The average molecular weight is 383 g/mol. The molecule has 0 bridgehead atoms. The predicted molar refractivity (Wildman–Crippen MR) is 77.0 cm³/mol. The molecule has 18 heavy (non-hydrogen) atoms. The molecule has 1 amide bonds. The molecule has 1 rings (SSSR count). The number of methoxy groups -OCH3 is 1. The van der Waals surface area contributed by atoms with Gasteiger partial charge in [-0.25, -0.2) is 0 Å². The van der Waals surface area contributed by atoms with Gasteiger partial charge in [0, 0.05) is 12.5 Å². The minimum absolute atomic E-state index is 0.145. The minimum Gasteiger partial charge on any atom is -0.481 e. The third-order valence-corrected chi connectivity index (χ3v) is 4.04. The number of amides is 1. The number of carbonyl (C=O) groups is 2. The first-order chi connectivity index (χ1) is 8.36. The molecule has 0 saturated carbocycles. The van der Waals surface area contributed by atoms with Gasteiger partial charge in [0.2, 0.25) is 0 Å². The molecule has 1 aromatic heterocycles. The fourth-order valence-corrected chi connectivity index (χ4v) is 2.89. The van der Waals surface area contributed by atoms with Gasteiger partial charge >= 0.3 is 5.97 Å². The zero-order valence-electron chi connectivity index (χ0n) is 10.0. The number of hydrogen-bond donors (Lipinski definition) is 2. The number of rotatable bonds is 6. The smallest absolute Gasteiger partial charge is 0.305 e. The van der Waals surface area contributed by atoms with E-state index in [0.717, 1.165) is 2.88 Å². The first-order valence-electron chi connectivity index (χ1n) is 5.13. The molecule has 0 radical (unpaired) electrons. The summed E-state index contributed by atoms with van der Waals surface area (Å²) in [7, 11) is 1.47. The van der Waals surface area contributed by atoms with Crippen molar-refractivity contribution in [3.05, 3.63) is 19.9 Å². The van der Waals surface area contributed by atoms with Crippen LogP contribution in [0.3, 0.4) is 0 Å². The maximum absolute atomic E-state index is 12.0. The van der Waals surface area contributed by atoms with Gasteiger partial charge in [0.15, 0.2) is 0 Å². The Morgan fingerprint density at radius 1 is 1.61 bits per heavy atom. The largest absolute Gasteiger partial charge is 0.481 e. The molecular formula is C11H14INO4S. The fourth-order valence-electron chi connectivity index (χ4n) is 1.56. The zero-order valence-corrected chi connectivity index (χ0v) is 13.0. The minimum atomic E-state index is -0.977. The van der Waals surface area contributed by atoms with E-state index in [9.17, 15) is 9.59 Å². The van der Waals surface area contributed by atoms with Crippen LogP contribution in [0.4, 0.5) is 0 Å². The SMILES string of the molecule is COCC(C)(CC(=O)O)NC(=O)c1csc(I)c1. The lowest BCUT2D eigenvalue weighted by Crippen LogP contribution is -2.50. The summed E-state index contributed by atoms with van der Waals surface area (Å²) >= 11 is 3.59. The van der Waals surface area contributed by atoms with Crippen LogP contribution in [0.15, 0.2) is 11.4 Å². The highest BCUT2D eigenvalue weighted by atomic mass is 127. The molecule has 0 aromatic carbocycles. The van der Waals surface area contributed by atoms with E-state index in [1.165, 1.54) is 18.4 Å². The van der Waals surface area contributed by atoms with Gasteiger partial charge in [-0.3, -0.25) is 9.59 Å². The van der Waals surface area contributed by atoms with Crippen molar-refractivity contribution < 1.29 is 19.4 Å². The summed E-state index contributed by atoms with van der Waals surface area (Å²) in [6.07, 6.45) is -0.187. The number of hydrogen-bond acceptors (Lipinski definition) is 4. The van der Waals surface area contributed by atoms with Gasteiger partial charge in [-0.2, -0.15) is 0 Å². The summed E-state index contributed by atoms with van der Waals surface area (Å²) in [4.78, 5) is 22.8. The molecule has 7 heteroatoms. The molecule has 0 aliphatic heterocycles. The Labute approximate surface area is 123 Å².